The SMILES string of the molecule is CC(C)CC(CN)NS(=O)(=O)c1ccc(F)c(Br)c1. The predicted molar refractivity (Wildman–Crippen MR) is 76.7 cm³/mol. The molecule has 0 fully saturated rings. The van der Waals surface area contributed by atoms with E-state index in [1.807, 2.05) is 13.8 Å². The van der Waals surface area contributed by atoms with Gasteiger partial charge in [-0.3, -0.25) is 0 Å². The topological polar surface area (TPSA) is 72.2 Å². The van der Waals surface area contributed by atoms with Crippen molar-refractivity contribution in [3.8, 4) is 0 Å². The molecule has 0 aromatic heterocycles. The third-order valence-electron chi connectivity index (χ3n) is 2.56. The molecule has 7 heteroatoms. The van der Waals surface area contributed by atoms with Gasteiger partial charge in [-0.1, -0.05) is 13.8 Å². The fraction of sp³-hybridized carbons (Fsp3) is 0.500. The molecule has 1 unspecified atom stereocenters. The van der Waals surface area contributed by atoms with Crippen molar-refractivity contribution in [1.82, 2.24) is 4.72 Å². The summed E-state index contributed by atoms with van der Waals surface area (Å²) in [7, 11) is -3.68. The highest BCUT2D eigenvalue weighted by Crippen LogP contribution is 2.20. The first-order valence-electron chi connectivity index (χ1n) is 5.93. The molecule has 0 heterocycles. The van der Waals surface area contributed by atoms with Crippen LogP contribution in [-0.4, -0.2) is 21.0 Å². The molecule has 0 aliphatic carbocycles. The summed E-state index contributed by atoms with van der Waals surface area (Å²) < 4.78 is 40.0. The largest absolute Gasteiger partial charge is 0.329 e. The Morgan fingerprint density at radius 3 is 2.53 bits per heavy atom. The van der Waals surface area contributed by atoms with Crippen LogP contribution in [0.3, 0.4) is 0 Å². The Balaban J connectivity index is 2.93. The maximum absolute atomic E-state index is 13.1. The van der Waals surface area contributed by atoms with E-state index in [4.69, 9.17) is 5.73 Å². The Morgan fingerprint density at radius 1 is 1.42 bits per heavy atom. The van der Waals surface area contributed by atoms with Gasteiger partial charge in [0.2, 0.25) is 10.0 Å². The number of hydrogen-bond donors (Lipinski definition) is 2. The van der Waals surface area contributed by atoms with E-state index < -0.39 is 15.8 Å². The van der Waals surface area contributed by atoms with Crippen LogP contribution in [-0.2, 0) is 10.0 Å². The van der Waals surface area contributed by atoms with E-state index in [1.165, 1.54) is 12.1 Å². The molecule has 1 aromatic carbocycles. The van der Waals surface area contributed by atoms with Crippen molar-refractivity contribution < 1.29 is 12.8 Å². The molecule has 19 heavy (non-hydrogen) atoms. The molecular weight excluding hydrogens is 335 g/mol. The van der Waals surface area contributed by atoms with E-state index in [1.54, 1.807) is 0 Å². The highest BCUT2D eigenvalue weighted by molar-refractivity contribution is 9.10. The number of sulfonamides is 1. The van der Waals surface area contributed by atoms with Gasteiger partial charge in [0.05, 0.1) is 9.37 Å². The first-order valence-corrected chi connectivity index (χ1v) is 8.21. The molecule has 3 N–H and O–H groups in total. The Bertz CT molecular complexity index is 535. The van der Waals surface area contributed by atoms with Crippen LogP contribution in [0.4, 0.5) is 4.39 Å². The zero-order chi connectivity index (χ0) is 14.6. The van der Waals surface area contributed by atoms with Crippen LogP contribution in [0.2, 0.25) is 0 Å². The fourth-order valence-corrected chi connectivity index (χ4v) is 3.51. The van der Waals surface area contributed by atoms with Crippen LogP contribution in [0, 0.1) is 11.7 Å². The van der Waals surface area contributed by atoms with Crippen molar-refractivity contribution in [3.63, 3.8) is 0 Å². The molecule has 0 saturated heterocycles. The maximum atomic E-state index is 13.1. The minimum absolute atomic E-state index is 0.0166. The van der Waals surface area contributed by atoms with Gasteiger partial charge in [-0.15, -0.1) is 0 Å². The zero-order valence-corrected chi connectivity index (χ0v) is 13.3. The van der Waals surface area contributed by atoms with Gasteiger partial charge < -0.3 is 5.73 Å². The van der Waals surface area contributed by atoms with E-state index in [2.05, 4.69) is 20.7 Å². The van der Waals surface area contributed by atoms with E-state index in [0.717, 1.165) is 6.07 Å². The second-order valence-corrected chi connectivity index (χ2v) is 7.33. The maximum Gasteiger partial charge on any atom is 0.240 e. The van der Waals surface area contributed by atoms with Crippen LogP contribution in [0.25, 0.3) is 0 Å². The molecule has 0 saturated carbocycles. The molecule has 1 aromatic rings. The molecule has 0 bridgehead atoms. The molecule has 108 valence electrons. The lowest BCUT2D eigenvalue weighted by Crippen LogP contribution is -2.40. The third kappa shape index (κ3) is 4.83. The molecule has 0 radical (unpaired) electrons. The Labute approximate surface area is 121 Å². The van der Waals surface area contributed by atoms with Crippen LogP contribution in [0.5, 0.6) is 0 Å². The van der Waals surface area contributed by atoms with E-state index in [-0.39, 0.29) is 22.0 Å². The van der Waals surface area contributed by atoms with Crippen molar-refractivity contribution in [2.45, 2.75) is 31.2 Å². The smallest absolute Gasteiger partial charge is 0.240 e. The molecule has 1 atom stereocenters. The molecule has 0 aliphatic heterocycles. The van der Waals surface area contributed by atoms with Gasteiger partial charge in [-0.05, 0) is 46.5 Å². The summed E-state index contributed by atoms with van der Waals surface area (Å²) in [6.45, 7) is 4.21. The summed E-state index contributed by atoms with van der Waals surface area (Å²) in [6.07, 6.45) is 0.651. The van der Waals surface area contributed by atoms with Gasteiger partial charge in [0.1, 0.15) is 5.82 Å². The quantitative estimate of drug-likeness (QED) is 0.824. The normalized spacial score (nSPS) is 13.8. The van der Waals surface area contributed by atoms with E-state index >= 15 is 0 Å². The summed E-state index contributed by atoms with van der Waals surface area (Å²) in [5.74, 6) is -0.173. The minimum atomic E-state index is -3.68. The van der Waals surface area contributed by atoms with Gasteiger partial charge in [0, 0.05) is 12.6 Å². The number of hydrogen-bond acceptors (Lipinski definition) is 3. The van der Waals surface area contributed by atoms with Crippen LogP contribution in [0.1, 0.15) is 20.3 Å². The second-order valence-electron chi connectivity index (χ2n) is 4.76. The lowest BCUT2D eigenvalue weighted by Gasteiger charge is -2.18. The van der Waals surface area contributed by atoms with Crippen LogP contribution in [0.15, 0.2) is 27.6 Å². The van der Waals surface area contributed by atoms with Gasteiger partial charge in [-0.2, -0.15) is 0 Å². The van der Waals surface area contributed by atoms with Gasteiger partial charge in [-0.25, -0.2) is 17.5 Å². The number of rotatable bonds is 6. The fourth-order valence-electron chi connectivity index (χ4n) is 1.69. The summed E-state index contributed by atoms with van der Waals surface area (Å²) >= 11 is 2.97. The standard InChI is InChI=1S/C12H18BrFN2O2S/c1-8(2)5-9(7-15)16-19(17,18)10-3-4-12(14)11(13)6-10/h3-4,6,8-9,16H,5,7,15H2,1-2H3. The summed E-state index contributed by atoms with van der Waals surface area (Å²) in [6, 6.07) is 3.25. The average Bonchev–Trinajstić information content (AvgIpc) is 2.30. The van der Waals surface area contributed by atoms with Crippen LogP contribution >= 0.6 is 15.9 Å². The molecule has 1 rings (SSSR count). The first kappa shape index (κ1) is 16.6. The second kappa shape index (κ2) is 6.78. The summed E-state index contributed by atoms with van der Waals surface area (Å²) in [5, 5.41) is 0. The molecule has 0 amide bonds. The number of nitrogens with one attached hydrogen (secondary N) is 1. The molecule has 0 spiro atoms. The van der Waals surface area contributed by atoms with Gasteiger partial charge in [0.15, 0.2) is 0 Å². The van der Waals surface area contributed by atoms with Crippen molar-refractivity contribution in [3.05, 3.63) is 28.5 Å². The van der Waals surface area contributed by atoms with E-state index in [0.29, 0.717) is 12.3 Å². The lowest BCUT2D eigenvalue weighted by atomic mass is 10.1. The van der Waals surface area contributed by atoms with Crippen molar-refractivity contribution >= 4 is 26.0 Å². The Kier molecular flexibility index (Phi) is 5.91. The lowest BCUT2D eigenvalue weighted by molar-refractivity contribution is 0.465. The third-order valence-corrected chi connectivity index (χ3v) is 4.69. The number of halogens is 2. The summed E-state index contributed by atoms with van der Waals surface area (Å²) in [5.41, 5.74) is 5.56. The average molecular weight is 353 g/mol. The van der Waals surface area contributed by atoms with Gasteiger partial charge in [0.25, 0.3) is 0 Å². The van der Waals surface area contributed by atoms with Crippen molar-refractivity contribution in [2.75, 3.05) is 6.54 Å². The minimum Gasteiger partial charge on any atom is -0.329 e. The van der Waals surface area contributed by atoms with Crippen molar-refractivity contribution in [2.24, 2.45) is 11.7 Å². The number of nitrogens with two attached hydrogens (primary N) is 1. The molecule has 4 nitrogen and oxygen atoms in total. The zero-order valence-electron chi connectivity index (χ0n) is 10.9. The molecular formula is C12H18BrFN2O2S. The number of benzene rings is 1. The first-order chi connectivity index (χ1) is 8.76. The Morgan fingerprint density at radius 2 is 2.05 bits per heavy atom. The molecule has 0 aliphatic rings. The monoisotopic (exact) mass is 352 g/mol. The van der Waals surface area contributed by atoms with Crippen LogP contribution < -0.4 is 10.5 Å². The van der Waals surface area contributed by atoms with E-state index in [9.17, 15) is 12.8 Å². The summed E-state index contributed by atoms with van der Waals surface area (Å²) in [4.78, 5) is 0.0166. The predicted octanol–water partition coefficient (Wildman–Crippen LogP) is 2.24. The highest BCUT2D eigenvalue weighted by Gasteiger charge is 2.20. The highest BCUT2D eigenvalue weighted by atomic mass is 79.9. The van der Waals surface area contributed by atoms with Crippen molar-refractivity contribution in [1.29, 1.82) is 0 Å². The van der Waals surface area contributed by atoms with Gasteiger partial charge >= 0.3 is 0 Å². The Hall–Kier alpha value is -0.500.